The number of rotatable bonds is 6. The minimum atomic E-state index is -0.754. The molecular formula is C20H19N5O3S. The van der Waals surface area contributed by atoms with Gasteiger partial charge in [-0.3, -0.25) is 4.79 Å². The number of esters is 1. The first-order valence-electron chi connectivity index (χ1n) is 9.02. The zero-order chi connectivity index (χ0) is 20.5. The quantitative estimate of drug-likeness (QED) is 0.359. The largest absolute Gasteiger partial charge is 0.451 e. The van der Waals surface area contributed by atoms with E-state index < -0.39 is 5.97 Å². The van der Waals surface area contributed by atoms with E-state index in [0.29, 0.717) is 17.9 Å². The zero-order valence-corrected chi connectivity index (χ0v) is 17.1. The van der Waals surface area contributed by atoms with Crippen molar-refractivity contribution in [1.82, 2.24) is 24.1 Å². The van der Waals surface area contributed by atoms with Crippen LogP contribution in [0.15, 0.2) is 35.8 Å². The number of carbonyl (C=O) groups is 2. The lowest BCUT2D eigenvalue weighted by atomic mass is 10.1. The van der Waals surface area contributed by atoms with Gasteiger partial charge < -0.3 is 9.30 Å². The van der Waals surface area contributed by atoms with Gasteiger partial charge >= 0.3 is 5.97 Å². The number of fused-ring (bicyclic) bond motifs is 1. The molecule has 29 heavy (non-hydrogen) atoms. The number of aromatic nitrogens is 5. The summed E-state index contributed by atoms with van der Waals surface area (Å²) in [6.45, 7) is 6.02. The van der Waals surface area contributed by atoms with E-state index in [9.17, 15) is 9.59 Å². The summed E-state index contributed by atoms with van der Waals surface area (Å²) in [5.41, 5.74) is 3.17. The van der Waals surface area contributed by atoms with Gasteiger partial charge in [-0.25, -0.2) is 14.3 Å². The van der Waals surface area contributed by atoms with Crippen LogP contribution in [0.2, 0.25) is 0 Å². The van der Waals surface area contributed by atoms with Gasteiger partial charge in [-0.15, -0.1) is 16.4 Å². The average Bonchev–Trinajstić information content (AvgIpc) is 3.42. The van der Waals surface area contributed by atoms with Gasteiger partial charge in [0.15, 0.2) is 6.61 Å². The number of hydrogen-bond acceptors (Lipinski definition) is 7. The summed E-state index contributed by atoms with van der Waals surface area (Å²) in [4.78, 5) is 34.3. The summed E-state index contributed by atoms with van der Waals surface area (Å²) < 4.78 is 8.70. The third-order valence-corrected chi connectivity index (χ3v) is 5.58. The maximum atomic E-state index is 12.6. The SMILES string of the molecule is Cc1cc(C(=O)COC(=O)c2nc3nccc(C)n3n2)c(C)n1Cc1cccs1. The number of ether oxygens (including phenoxy) is 1. The summed E-state index contributed by atoms with van der Waals surface area (Å²) >= 11 is 1.67. The number of aryl methyl sites for hydroxylation is 2. The van der Waals surface area contributed by atoms with Crippen molar-refractivity contribution >= 4 is 28.9 Å². The molecule has 0 bridgehead atoms. The molecule has 4 aromatic heterocycles. The zero-order valence-electron chi connectivity index (χ0n) is 16.2. The van der Waals surface area contributed by atoms with Gasteiger partial charge in [-0.05, 0) is 44.4 Å². The third-order valence-electron chi connectivity index (χ3n) is 4.71. The molecule has 0 radical (unpaired) electrons. The van der Waals surface area contributed by atoms with Crippen LogP contribution in [0.4, 0.5) is 0 Å². The van der Waals surface area contributed by atoms with Crippen molar-refractivity contribution in [3.05, 3.63) is 69.2 Å². The second kappa shape index (κ2) is 7.59. The lowest BCUT2D eigenvalue weighted by Crippen LogP contribution is -2.16. The Balaban J connectivity index is 1.46. The minimum Gasteiger partial charge on any atom is -0.451 e. The van der Waals surface area contributed by atoms with Crippen LogP contribution in [-0.2, 0) is 11.3 Å². The number of hydrogen-bond donors (Lipinski definition) is 0. The fourth-order valence-corrected chi connectivity index (χ4v) is 3.84. The van der Waals surface area contributed by atoms with Gasteiger partial charge in [0, 0.05) is 33.7 Å². The molecule has 0 aromatic carbocycles. The van der Waals surface area contributed by atoms with E-state index in [0.717, 1.165) is 17.1 Å². The minimum absolute atomic E-state index is 0.122. The molecule has 0 aliphatic carbocycles. The third kappa shape index (κ3) is 3.68. The lowest BCUT2D eigenvalue weighted by Gasteiger charge is -2.08. The van der Waals surface area contributed by atoms with E-state index in [1.54, 1.807) is 23.6 Å². The van der Waals surface area contributed by atoms with E-state index in [1.165, 1.54) is 9.39 Å². The normalized spacial score (nSPS) is 11.1. The molecule has 148 valence electrons. The summed E-state index contributed by atoms with van der Waals surface area (Å²) in [6.07, 6.45) is 1.59. The Morgan fingerprint density at radius 3 is 2.72 bits per heavy atom. The molecule has 0 amide bonds. The second-order valence-corrected chi connectivity index (χ2v) is 7.72. The van der Waals surface area contributed by atoms with Crippen molar-refractivity contribution in [3.8, 4) is 0 Å². The molecular weight excluding hydrogens is 390 g/mol. The number of ketones is 1. The van der Waals surface area contributed by atoms with Crippen molar-refractivity contribution in [2.24, 2.45) is 0 Å². The summed E-state index contributed by atoms with van der Waals surface area (Å²) in [5.74, 6) is -0.833. The van der Waals surface area contributed by atoms with Crippen LogP contribution in [0.5, 0.6) is 0 Å². The van der Waals surface area contributed by atoms with E-state index >= 15 is 0 Å². The molecule has 0 saturated heterocycles. The summed E-state index contributed by atoms with van der Waals surface area (Å²) in [5, 5.41) is 6.12. The van der Waals surface area contributed by atoms with Crippen molar-refractivity contribution in [1.29, 1.82) is 0 Å². The topological polar surface area (TPSA) is 91.4 Å². The molecule has 0 unspecified atom stereocenters. The van der Waals surface area contributed by atoms with Crippen molar-refractivity contribution < 1.29 is 14.3 Å². The first-order chi connectivity index (χ1) is 13.9. The molecule has 9 heteroatoms. The molecule has 4 aromatic rings. The molecule has 4 heterocycles. The maximum absolute atomic E-state index is 12.6. The Morgan fingerprint density at radius 2 is 2.00 bits per heavy atom. The van der Waals surface area contributed by atoms with Crippen molar-refractivity contribution in [2.45, 2.75) is 27.3 Å². The van der Waals surface area contributed by atoms with E-state index in [4.69, 9.17) is 4.74 Å². The number of nitrogens with zero attached hydrogens (tertiary/aromatic N) is 5. The number of Topliss-reactive ketones (excluding diaryl/α,β-unsaturated/α-hetero) is 1. The van der Waals surface area contributed by atoms with Crippen LogP contribution >= 0.6 is 11.3 Å². The van der Waals surface area contributed by atoms with Crippen molar-refractivity contribution in [2.75, 3.05) is 6.61 Å². The molecule has 4 rings (SSSR count). The maximum Gasteiger partial charge on any atom is 0.378 e. The Kier molecular flexibility index (Phi) is 4.98. The number of thiophene rings is 1. The van der Waals surface area contributed by atoms with Gasteiger partial charge in [0.2, 0.25) is 5.78 Å². The second-order valence-electron chi connectivity index (χ2n) is 6.68. The van der Waals surface area contributed by atoms with Crippen LogP contribution in [0.3, 0.4) is 0 Å². The Morgan fingerprint density at radius 1 is 1.17 bits per heavy atom. The molecule has 0 saturated carbocycles. The first-order valence-corrected chi connectivity index (χ1v) is 9.90. The highest BCUT2D eigenvalue weighted by molar-refractivity contribution is 7.09. The predicted molar refractivity (Wildman–Crippen MR) is 107 cm³/mol. The van der Waals surface area contributed by atoms with Gasteiger partial charge in [0.05, 0.1) is 6.54 Å². The highest BCUT2D eigenvalue weighted by atomic mass is 32.1. The van der Waals surface area contributed by atoms with Gasteiger partial charge in [-0.2, -0.15) is 4.98 Å². The molecule has 0 fully saturated rings. The van der Waals surface area contributed by atoms with Gasteiger partial charge in [0.25, 0.3) is 11.6 Å². The van der Waals surface area contributed by atoms with E-state index in [2.05, 4.69) is 25.7 Å². The van der Waals surface area contributed by atoms with Crippen LogP contribution in [0, 0.1) is 20.8 Å². The fourth-order valence-electron chi connectivity index (χ4n) is 3.15. The van der Waals surface area contributed by atoms with Crippen molar-refractivity contribution in [3.63, 3.8) is 0 Å². The van der Waals surface area contributed by atoms with E-state index in [-0.39, 0.29) is 18.2 Å². The van der Waals surface area contributed by atoms with Gasteiger partial charge in [-0.1, -0.05) is 6.07 Å². The smallest absolute Gasteiger partial charge is 0.378 e. The predicted octanol–water partition coefficient (Wildman–Crippen LogP) is 3.00. The molecule has 0 atom stereocenters. The lowest BCUT2D eigenvalue weighted by molar-refractivity contribution is 0.0462. The van der Waals surface area contributed by atoms with Crippen LogP contribution < -0.4 is 0 Å². The Bertz CT molecular complexity index is 1210. The number of carbonyl (C=O) groups excluding carboxylic acids is 2. The molecule has 0 aliphatic rings. The standard InChI is InChI=1S/C20H19N5O3S/c1-12-6-7-21-20-22-18(23-25(12)20)19(27)28-11-17(26)16-9-13(2)24(14(16)3)10-15-5-4-8-29-15/h4-9H,10-11H2,1-3H3. The molecule has 0 N–H and O–H groups in total. The molecule has 0 spiro atoms. The van der Waals surface area contributed by atoms with Crippen LogP contribution in [0.25, 0.3) is 5.78 Å². The van der Waals surface area contributed by atoms with Crippen LogP contribution in [-0.4, -0.2) is 42.5 Å². The summed E-state index contributed by atoms with van der Waals surface area (Å²) in [7, 11) is 0. The Hall–Kier alpha value is -3.33. The molecule has 0 aliphatic heterocycles. The fraction of sp³-hybridized carbons (Fsp3) is 0.250. The van der Waals surface area contributed by atoms with Gasteiger partial charge in [0.1, 0.15) is 0 Å². The Labute approximate surface area is 170 Å². The monoisotopic (exact) mass is 409 g/mol. The first kappa shape index (κ1) is 19.0. The summed E-state index contributed by atoms with van der Waals surface area (Å²) in [6, 6.07) is 7.65. The molecule has 8 nitrogen and oxygen atoms in total. The van der Waals surface area contributed by atoms with Crippen LogP contribution in [0.1, 0.15) is 42.9 Å². The van der Waals surface area contributed by atoms with E-state index in [1.807, 2.05) is 38.3 Å². The highest BCUT2D eigenvalue weighted by Gasteiger charge is 2.20. The highest BCUT2D eigenvalue weighted by Crippen LogP contribution is 2.20. The average molecular weight is 409 g/mol.